The highest BCUT2D eigenvalue weighted by molar-refractivity contribution is 7.22. The molecular formula is C20H19ClN2O3S. The van der Waals surface area contributed by atoms with Crippen molar-refractivity contribution in [1.82, 2.24) is 4.98 Å². The number of nitrogens with zero attached hydrogens (tertiary/aromatic N) is 2. The van der Waals surface area contributed by atoms with Gasteiger partial charge in [0.15, 0.2) is 17.5 Å². The number of hydrogen-bond donors (Lipinski definition) is 0. The van der Waals surface area contributed by atoms with Crippen LogP contribution in [0.15, 0.2) is 42.5 Å². The molecule has 0 aliphatic carbocycles. The van der Waals surface area contributed by atoms with Crippen molar-refractivity contribution in [3.63, 3.8) is 0 Å². The van der Waals surface area contributed by atoms with Crippen LogP contribution in [0.2, 0.25) is 5.02 Å². The highest BCUT2D eigenvalue weighted by atomic mass is 35.5. The molecular weight excluding hydrogens is 384 g/mol. The molecule has 0 spiro atoms. The molecule has 1 aromatic heterocycles. The number of ether oxygens (including phenoxy) is 1. The van der Waals surface area contributed by atoms with E-state index in [4.69, 9.17) is 16.3 Å². The van der Waals surface area contributed by atoms with Crippen molar-refractivity contribution in [2.45, 2.75) is 20.3 Å². The number of amides is 1. The maximum atomic E-state index is 12.6. The predicted octanol–water partition coefficient (Wildman–Crippen LogP) is 4.97. The Morgan fingerprint density at radius 1 is 1.15 bits per heavy atom. The lowest BCUT2D eigenvalue weighted by Crippen LogP contribution is -2.34. The Hall–Kier alpha value is -2.44. The molecule has 140 valence electrons. The molecule has 2 aromatic carbocycles. The van der Waals surface area contributed by atoms with Gasteiger partial charge in [-0.2, -0.15) is 0 Å². The van der Waals surface area contributed by atoms with Crippen LogP contribution < -0.4 is 9.64 Å². The Balaban J connectivity index is 1.68. The van der Waals surface area contributed by atoms with Gasteiger partial charge >= 0.3 is 0 Å². The van der Waals surface area contributed by atoms with Gasteiger partial charge in [0.2, 0.25) is 0 Å². The molecule has 1 amide bonds. The SMILES string of the molecule is CCC(=O)c1ccc(OCC(=O)N(CC)c2nc3cc(Cl)ccc3s2)cc1. The van der Waals surface area contributed by atoms with Crippen LogP contribution in [0.1, 0.15) is 30.6 Å². The summed E-state index contributed by atoms with van der Waals surface area (Å²) in [7, 11) is 0. The lowest BCUT2D eigenvalue weighted by Gasteiger charge is -2.17. The number of carbonyl (C=O) groups is 2. The van der Waals surface area contributed by atoms with Crippen LogP contribution in [0.4, 0.5) is 5.13 Å². The van der Waals surface area contributed by atoms with Crippen LogP contribution >= 0.6 is 22.9 Å². The number of halogens is 1. The highest BCUT2D eigenvalue weighted by Gasteiger charge is 2.19. The summed E-state index contributed by atoms with van der Waals surface area (Å²) in [5.41, 5.74) is 1.41. The van der Waals surface area contributed by atoms with Crippen LogP contribution in [-0.4, -0.2) is 29.8 Å². The molecule has 1 heterocycles. The van der Waals surface area contributed by atoms with Gasteiger partial charge < -0.3 is 4.74 Å². The molecule has 5 nitrogen and oxygen atoms in total. The second kappa shape index (κ2) is 8.50. The number of thiazole rings is 1. The lowest BCUT2D eigenvalue weighted by molar-refractivity contribution is -0.120. The van der Waals surface area contributed by atoms with Crippen LogP contribution in [0, 0.1) is 0 Å². The number of hydrogen-bond acceptors (Lipinski definition) is 5. The number of carbonyl (C=O) groups excluding carboxylic acids is 2. The molecule has 0 aliphatic rings. The fourth-order valence-electron chi connectivity index (χ4n) is 2.59. The molecule has 0 atom stereocenters. The number of fused-ring (bicyclic) bond motifs is 1. The van der Waals surface area contributed by atoms with Crippen molar-refractivity contribution >= 4 is 50.0 Å². The summed E-state index contributed by atoms with van der Waals surface area (Å²) in [5, 5.41) is 1.23. The lowest BCUT2D eigenvalue weighted by atomic mass is 10.1. The van der Waals surface area contributed by atoms with Gasteiger partial charge in [-0.15, -0.1) is 0 Å². The van der Waals surface area contributed by atoms with Crippen molar-refractivity contribution in [3.8, 4) is 5.75 Å². The fourth-order valence-corrected chi connectivity index (χ4v) is 3.78. The van der Waals surface area contributed by atoms with Crippen LogP contribution in [0.25, 0.3) is 10.2 Å². The Bertz CT molecular complexity index is 969. The van der Waals surface area contributed by atoms with E-state index >= 15 is 0 Å². The monoisotopic (exact) mass is 402 g/mol. The summed E-state index contributed by atoms with van der Waals surface area (Å²) in [4.78, 5) is 30.4. The van der Waals surface area contributed by atoms with E-state index < -0.39 is 0 Å². The van der Waals surface area contributed by atoms with Crippen LogP contribution in [0.3, 0.4) is 0 Å². The van der Waals surface area contributed by atoms with E-state index in [9.17, 15) is 9.59 Å². The summed E-state index contributed by atoms with van der Waals surface area (Å²) in [6, 6.07) is 12.3. The molecule has 0 radical (unpaired) electrons. The van der Waals surface area contributed by atoms with Gasteiger partial charge in [-0.25, -0.2) is 4.98 Å². The number of ketones is 1. The minimum atomic E-state index is -0.184. The molecule has 7 heteroatoms. The van der Waals surface area contributed by atoms with Crippen molar-refractivity contribution in [2.75, 3.05) is 18.1 Å². The normalized spacial score (nSPS) is 10.8. The van der Waals surface area contributed by atoms with Gasteiger partial charge in [0, 0.05) is 23.6 Å². The van der Waals surface area contributed by atoms with Crippen molar-refractivity contribution in [2.24, 2.45) is 0 Å². The molecule has 27 heavy (non-hydrogen) atoms. The summed E-state index contributed by atoms with van der Waals surface area (Å²) in [5.74, 6) is 0.435. The molecule has 0 saturated carbocycles. The first-order chi connectivity index (χ1) is 13.0. The quantitative estimate of drug-likeness (QED) is 0.523. The second-order valence-corrected chi connectivity index (χ2v) is 7.28. The average Bonchev–Trinajstić information content (AvgIpc) is 3.09. The minimum absolute atomic E-state index is 0.0747. The maximum Gasteiger partial charge on any atom is 0.266 e. The van der Waals surface area contributed by atoms with Crippen molar-refractivity contribution < 1.29 is 14.3 Å². The van der Waals surface area contributed by atoms with E-state index in [-0.39, 0.29) is 18.3 Å². The molecule has 3 aromatic rings. The van der Waals surface area contributed by atoms with Crippen LogP contribution in [-0.2, 0) is 4.79 Å². The zero-order valence-corrected chi connectivity index (χ0v) is 16.6. The van der Waals surface area contributed by atoms with Gasteiger partial charge in [-0.05, 0) is 49.4 Å². The van der Waals surface area contributed by atoms with Gasteiger partial charge in [0.1, 0.15) is 5.75 Å². The van der Waals surface area contributed by atoms with E-state index in [2.05, 4.69) is 4.98 Å². The Morgan fingerprint density at radius 2 is 1.89 bits per heavy atom. The largest absolute Gasteiger partial charge is 0.484 e. The zero-order chi connectivity index (χ0) is 19.4. The van der Waals surface area contributed by atoms with E-state index in [0.29, 0.717) is 34.4 Å². The predicted molar refractivity (Wildman–Crippen MR) is 109 cm³/mol. The number of benzene rings is 2. The summed E-state index contributed by atoms with van der Waals surface area (Å²) in [6.45, 7) is 4.09. The van der Waals surface area contributed by atoms with Gasteiger partial charge in [-0.3, -0.25) is 14.5 Å². The minimum Gasteiger partial charge on any atom is -0.484 e. The number of anilines is 1. The third-order valence-corrected chi connectivity index (χ3v) is 5.34. The Kier molecular flexibility index (Phi) is 6.08. The summed E-state index contributed by atoms with van der Waals surface area (Å²) < 4.78 is 6.56. The zero-order valence-electron chi connectivity index (χ0n) is 15.1. The number of aromatic nitrogens is 1. The van der Waals surface area contributed by atoms with Crippen molar-refractivity contribution in [3.05, 3.63) is 53.1 Å². The first-order valence-electron chi connectivity index (χ1n) is 8.64. The van der Waals surface area contributed by atoms with Gasteiger partial charge in [0.05, 0.1) is 10.2 Å². The molecule has 0 aliphatic heterocycles. The smallest absolute Gasteiger partial charge is 0.266 e. The molecule has 0 saturated heterocycles. The average molecular weight is 403 g/mol. The van der Waals surface area contributed by atoms with E-state index in [0.717, 1.165) is 10.2 Å². The van der Waals surface area contributed by atoms with E-state index in [1.165, 1.54) is 11.3 Å². The number of likely N-dealkylation sites (N-methyl/N-ethyl adjacent to an activating group) is 1. The maximum absolute atomic E-state index is 12.6. The summed E-state index contributed by atoms with van der Waals surface area (Å²) >= 11 is 7.44. The topological polar surface area (TPSA) is 59.5 Å². The molecule has 0 N–H and O–H groups in total. The second-order valence-electron chi connectivity index (χ2n) is 5.84. The molecule has 0 unspecified atom stereocenters. The molecule has 0 fully saturated rings. The standard InChI is InChI=1S/C20H19ClN2O3S/c1-3-17(24)13-5-8-15(9-6-13)26-12-19(25)23(4-2)20-22-16-11-14(21)7-10-18(16)27-20/h5-11H,3-4,12H2,1-2H3. The van der Waals surface area contributed by atoms with Gasteiger partial charge in [0.25, 0.3) is 5.91 Å². The van der Waals surface area contributed by atoms with E-state index in [1.807, 2.05) is 19.9 Å². The van der Waals surface area contributed by atoms with Crippen LogP contribution in [0.5, 0.6) is 5.75 Å². The fraction of sp³-hybridized carbons (Fsp3) is 0.250. The third-order valence-electron chi connectivity index (χ3n) is 4.05. The van der Waals surface area contributed by atoms with Gasteiger partial charge in [-0.1, -0.05) is 29.9 Å². The Labute approximate surface area is 166 Å². The molecule has 0 bridgehead atoms. The number of rotatable bonds is 7. The summed E-state index contributed by atoms with van der Waals surface area (Å²) in [6.07, 6.45) is 0.456. The molecule has 3 rings (SSSR count). The van der Waals surface area contributed by atoms with E-state index in [1.54, 1.807) is 41.3 Å². The first kappa shape index (κ1) is 19.3. The number of Topliss-reactive ketones (excluding diaryl/α,β-unsaturated/α-hetero) is 1. The first-order valence-corrected chi connectivity index (χ1v) is 9.83. The third kappa shape index (κ3) is 4.46. The van der Waals surface area contributed by atoms with Crippen molar-refractivity contribution in [1.29, 1.82) is 0 Å². The Morgan fingerprint density at radius 3 is 2.56 bits per heavy atom. The highest BCUT2D eigenvalue weighted by Crippen LogP contribution is 2.30.